The zero-order chi connectivity index (χ0) is 17.8. The van der Waals surface area contributed by atoms with Crippen LogP contribution in [0.3, 0.4) is 0 Å². The lowest BCUT2D eigenvalue weighted by Crippen LogP contribution is -2.44. The zero-order valence-electron chi connectivity index (χ0n) is 14.9. The maximum Gasteiger partial charge on any atom is 0.318 e. The molecule has 2 aromatic heterocycles. The highest BCUT2D eigenvalue weighted by atomic mass is 16.5. The van der Waals surface area contributed by atoms with Gasteiger partial charge in [-0.1, -0.05) is 6.92 Å². The molecule has 2 aromatic rings. The van der Waals surface area contributed by atoms with E-state index in [1.165, 1.54) is 0 Å². The maximum atomic E-state index is 12.4. The summed E-state index contributed by atoms with van der Waals surface area (Å²) in [6, 6.07) is 3.64. The van der Waals surface area contributed by atoms with Crippen LogP contribution in [0.4, 0.5) is 4.79 Å². The van der Waals surface area contributed by atoms with Gasteiger partial charge in [0.2, 0.25) is 5.88 Å². The largest absolute Gasteiger partial charge is 0.475 e. The van der Waals surface area contributed by atoms with Gasteiger partial charge < -0.3 is 15.0 Å². The summed E-state index contributed by atoms with van der Waals surface area (Å²) in [6.07, 6.45) is 2.74. The third-order valence-electron chi connectivity index (χ3n) is 4.20. The lowest BCUT2D eigenvalue weighted by atomic mass is 10.2. The van der Waals surface area contributed by atoms with Crippen molar-refractivity contribution >= 4 is 6.03 Å². The molecule has 8 heteroatoms. The van der Waals surface area contributed by atoms with E-state index in [1.54, 1.807) is 11.1 Å². The Morgan fingerprint density at radius 2 is 2.28 bits per heavy atom. The van der Waals surface area contributed by atoms with Crippen molar-refractivity contribution in [3.63, 3.8) is 0 Å². The van der Waals surface area contributed by atoms with E-state index in [9.17, 15) is 4.79 Å². The highest BCUT2D eigenvalue weighted by molar-refractivity contribution is 5.74. The number of urea groups is 1. The van der Waals surface area contributed by atoms with E-state index in [1.807, 2.05) is 30.7 Å². The Labute approximate surface area is 147 Å². The Morgan fingerprint density at radius 1 is 1.44 bits per heavy atom. The number of hydrogen-bond acceptors (Lipinski definition) is 5. The maximum absolute atomic E-state index is 12.4. The third-order valence-corrected chi connectivity index (χ3v) is 4.20. The van der Waals surface area contributed by atoms with Gasteiger partial charge in [0.15, 0.2) is 0 Å². The number of carbonyl (C=O) groups excluding carboxylic acids is 1. The van der Waals surface area contributed by atoms with E-state index in [-0.39, 0.29) is 12.1 Å². The molecule has 1 aliphatic rings. The van der Waals surface area contributed by atoms with Gasteiger partial charge in [0.05, 0.1) is 19.2 Å². The molecular weight excluding hydrogens is 320 g/mol. The second-order valence-corrected chi connectivity index (χ2v) is 6.22. The number of hydrogen-bond donors (Lipinski definition) is 1. The van der Waals surface area contributed by atoms with Crippen LogP contribution in [-0.2, 0) is 19.6 Å². The molecule has 1 aliphatic heterocycles. The van der Waals surface area contributed by atoms with Crippen LogP contribution in [0, 0.1) is 6.92 Å². The molecule has 0 bridgehead atoms. The Balaban J connectivity index is 1.55. The van der Waals surface area contributed by atoms with E-state index >= 15 is 0 Å². The predicted octanol–water partition coefficient (Wildman–Crippen LogP) is 1.88. The molecule has 8 nitrogen and oxygen atoms in total. The molecule has 25 heavy (non-hydrogen) atoms. The first-order valence-electron chi connectivity index (χ1n) is 8.60. The molecule has 1 N–H and O–H groups in total. The molecule has 0 aliphatic carbocycles. The standard InChI is InChI=1S/C17H24N6O2/c1-4-12(2)25-16-9-14(5-6-18-16)10-19-17(24)22-7-8-23-15(11-22)20-13(3)21-23/h5-6,9,12H,4,7-8,10-11H2,1-3H3,(H,19,24)/t12-/m0/s1. The third kappa shape index (κ3) is 4.26. The first-order valence-corrected chi connectivity index (χ1v) is 8.60. The van der Waals surface area contributed by atoms with Crippen LogP contribution in [-0.4, -0.2) is 43.3 Å². The van der Waals surface area contributed by atoms with Gasteiger partial charge in [-0.25, -0.2) is 19.4 Å². The molecule has 3 rings (SSSR count). The number of rotatable bonds is 5. The zero-order valence-corrected chi connectivity index (χ0v) is 14.9. The molecule has 2 amide bonds. The Morgan fingerprint density at radius 3 is 3.08 bits per heavy atom. The van der Waals surface area contributed by atoms with E-state index in [0.717, 1.165) is 23.6 Å². The number of aromatic nitrogens is 4. The van der Waals surface area contributed by atoms with Crippen molar-refractivity contribution in [2.24, 2.45) is 0 Å². The highest BCUT2D eigenvalue weighted by Crippen LogP contribution is 2.13. The number of ether oxygens (including phenoxy) is 1. The highest BCUT2D eigenvalue weighted by Gasteiger charge is 2.22. The van der Waals surface area contributed by atoms with Gasteiger partial charge in [0.1, 0.15) is 11.6 Å². The van der Waals surface area contributed by atoms with Crippen molar-refractivity contribution in [3.8, 4) is 5.88 Å². The second-order valence-electron chi connectivity index (χ2n) is 6.22. The summed E-state index contributed by atoms with van der Waals surface area (Å²) in [5.74, 6) is 2.15. The average Bonchev–Trinajstić information content (AvgIpc) is 2.99. The van der Waals surface area contributed by atoms with Crippen molar-refractivity contribution in [3.05, 3.63) is 35.5 Å². The van der Waals surface area contributed by atoms with Gasteiger partial charge in [0.25, 0.3) is 0 Å². The van der Waals surface area contributed by atoms with Gasteiger partial charge in [0, 0.05) is 25.4 Å². The Kier molecular flexibility index (Phi) is 5.16. The summed E-state index contributed by atoms with van der Waals surface area (Å²) in [7, 11) is 0. The fraction of sp³-hybridized carbons (Fsp3) is 0.529. The van der Waals surface area contributed by atoms with Crippen LogP contribution in [0.15, 0.2) is 18.3 Å². The fourth-order valence-corrected chi connectivity index (χ4v) is 2.64. The molecule has 0 saturated heterocycles. The first-order chi connectivity index (χ1) is 12.0. The van der Waals surface area contributed by atoms with Crippen LogP contribution in [0.1, 0.15) is 37.5 Å². The number of aryl methyl sites for hydroxylation is 1. The molecule has 0 aromatic carbocycles. The van der Waals surface area contributed by atoms with Crippen molar-refractivity contribution in [2.75, 3.05) is 6.54 Å². The topological polar surface area (TPSA) is 85.2 Å². The number of nitrogens with one attached hydrogen (secondary N) is 1. The Hall–Kier alpha value is -2.64. The monoisotopic (exact) mass is 344 g/mol. The molecule has 134 valence electrons. The summed E-state index contributed by atoms with van der Waals surface area (Å²) in [5.41, 5.74) is 0.956. The number of nitrogens with zero attached hydrogens (tertiary/aromatic N) is 5. The molecular formula is C17H24N6O2. The van der Waals surface area contributed by atoms with E-state index in [4.69, 9.17) is 4.74 Å². The summed E-state index contributed by atoms with van der Waals surface area (Å²) in [4.78, 5) is 22.7. The average molecular weight is 344 g/mol. The van der Waals surface area contributed by atoms with Crippen LogP contribution < -0.4 is 10.1 Å². The van der Waals surface area contributed by atoms with Gasteiger partial charge in [-0.05, 0) is 31.9 Å². The molecule has 1 atom stereocenters. The number of fused-ring (bicyclic) bond motifs is 1. The van der Waals surface area contributed by atoms with Gasteiger partial charge in [-0.15, -0.1) is 0 Å². The minimum atomic E-state index is -0.104. The lowest BCUT2D eigenvalue weighted by molar-refractivity contribution is 0.179. The molecule has 3 heterocycles. The first kappa shape index (κ1) is 17.2. The molecule has 0 unspecified atom stereocenters. The normalized spacial score (nSPS) is 14.8. The Bertz CT molecular complexity index is 744. The number of pyridine rings is 1. The summed E-state index contributed by atoms with van der Waals surface area (Å²) < 4.78 is 7.58. The van der Waals surface area contributed by atoms with E-state index in [0.29, 0.717) is 32.1 Å². The van der Waals surface area contributed by atoms with Gasteiger partial charge in [-0.3, -0.25) is 0 Å². The van der Waals surface area contributed by atoms with Crippen LogP contribution in [0.5, 0.6) is 5.88 Å². The van der Waals surface area contributed by atoms with Crippen LogP contribution >= 0.6 is 0 Å². The smallest absolute Gasteiger partial charge is 0.318 e. The summed E-state index contributed by atoms with van der Waals surface area (Å²) in [5, 5.41) is 7.25. The number of amides is 2. The minimum absolute atomic E-state index is 0.104. The van der Waals surface area contributed by atoms with E-state index in [2.05, 4.69) is 27.3 Å². The lowest BCUT2D eigenvalue weighted by Gasteiger charge is -2.26. The second kappa shape index (κ2) is 7.50. The molecule has 0 fully saturated rings. The van der Waals surface area contributed by atoms with E-state index < -0.39 is 0 Å². The quantitative estimate of drug-likeness (QED) is 0.895. The SMILES string of the molecule is CC[C@H](C)Oc1cc(CNC(=O)N2CCn3nc(C)nc3C2)ccn1. The van der Waals surface area contributed by atoms with Crippen LogP contribution in [0.2, 0.25) is 0 Å². The van der Waals surface area contributed by atoms with Gasteiger partial charge in [-0.2, -0.15) is 5.10 Å². The summed E-state index contributed by atoms with van der Waals surface area (Å²) in [6.45, 7) is 8.14. The van der Waals surface area contributed by atoms with Crippen molar-refractivity contribution in [1.82, 2.24) is 30.0 Å². The van der Waals surface area contributed by atoms with Crippen molar-refractivity contribution < 1.29 is 9.53 Å². The predicted molar refractivity (Wildman–Crippen MR) is 92.0 cm³/mol. The molecule has 0 saturated carbocycles. The molecule has 0 spiro atoms. The minimum Gasteiger partial charge on any atom is -0.475 e. The van der Waals surface area contributed by atoms with Crippen LogP contribution in [0.25, 0.3) is 0 Å². The van der Waals surface area contributed by atoms with Crippen molar-refractivity contribution in [2.45, 2.75) is 52.9 Å². The van der Waals surface area contributed by atoms with Gasteiger partial charge >= 0.3 is 6.03 Å². The summed E-state index contributed by atoms with van der Waals surface area (Å²) >= 11 is 0. The fourth-order valence-electron chi connectivity index (χ4n) is 2.64. The number of carbonyl (C=O) groups is 1. The molecule has 0 radical (unpaired) electrons. The van der Waals surface area contributed by atoms with Crippen molar-refractivity contribution in [1.29, 1.82) is 0 Å².